The van der Waals surface area contributed by atoms with Crippen LogP contribution in [0.2, 0.25) is 0 Å². The van der Waals surface area contributed by atoms with E-state index in [1.165, 1.54) is 15.9 Å². The van der Waals surface area contributed by atoms with E-state index < -0.39 is 10.8 Å². The first-order valence-electron chi connectivity index (χ1n) is 1.89. The lowest BCUT2D eigenvalue weighted by atomic mass is 10.3. The van der Waals surface area contributed by atoms with Crippen molar-refractivity contribution in [3.8, 4) is 0 Å². The predicted octanol–water partition coefficient (Wildman–Crippen LogP) is 2.80. The summed E-state index contributed by atoms with van der Waals surface area (Å²) in [7, 11) is 0. The van der Waals surface area contributed by atoms with Crippen LogP contribution in [0.3, 0.4) is 0 Å². The van der Waals surface area contributed by atoms with Gasteiger partial charge >= 0.3 is 10.8 Å². The molecule has 0 unspecified atom stereocenters. The van der Waals surface area contributed by atoms with Gasteiger partial charge in [0.1, 0.15) is 0 Å². The minimum Gasteiger partial charge on any atom is -0.194 e. The summed E-state index contributed by atoms with van der Waals surface area (Å²) in [6.45, 7) is 2.54. The summed E-state index contributed by atoms with van der Waals surface area (Å²) >= 11 is 1.51. The summed E-state index contributed by atoms with van der Waals surface area (Å²) < 4.78 is 46.7. The average molecular weight is 207 g/mol. The average Bonchev–Trinajstić information content (AvgIpc) is 1.64. The normalized spacial score (nSPS) is 13.4. The third kappa shape index (κ3) is 1.97. The van der Waals surface area contributed by atoms with E-state index >= 15 is 0 Å². The van der Waals surface area contributed by atoms with Gasteiger partial charge in [0, 0.05) is 0 Å². The van der Waals surface area contributed by atoms with Crippen LogP contribution in [0.4, 0.5) is 17.6 Å². The molecular weight excluding hydrogens is 204 g/mol. The SMILES string of the molecule is C=CC(F)(F)C(F)(F)Br. The van der Waals surface area contributed by atoms with Crippen LogP contribution in [-0.2, 0) is 0 Å². The molecule has 9 heavy (non-hydrogen) atoms. The van der Waals surface area contributed by atoms with Crippen LogP contribution in [0.1, 0.15) is 0 Å². The lowest BCUT2D eigenvalue weighted by Gasteiger charge is -2.16. The van der Waals surface area contributed by atoms with Crippen molar-refractivity contribution in [3.05, 3.63) is 12.7 Å². The Morgan fingerprint density at radius 2 is 1.56 bits per heavy atom. The van der Waals surface area contributed by atoms with Crippen molar-refractivity contribution < 1.29 is 17.6 Å². The summed E-state index contributed by atoms with van der Waals surface area (Å²) in [6.07, 6.45) is -0.109. The van der Waals surface area contributed by atoms with Gasteiger partial charge in [-0.05, 0) is 22.0 Å². The quantitative estimate of drug-likeness (QED) is 0.371. The molecule has 5 heteroatoms. The third-order valence-electron chi connectivity index (χ3n) is 0.634. The Morgan fingerprint density at radius 3 is 1.56 bits per heavy atom. The Hall–Kier alpha value is -0.0600. The highest BCUT2D eigenvalue weighted by Gasteiger charge is 2.51. The Bertz CT molecular complexity index is 114. The van der Waals surface area contributed by atoms with E-state index in [-0.39, 0.29) is 6.08 Å². The van der Waals surface area contributed by atoms with Crippen LogP contribution < -0.4 is 0 Å². The van der Waals surface area contributed by atoms with Crippen LogP contribution in [0.5, 0.6) is 0 Å². The fourth-order valence-corrected chi connectivity index (χ4v) is 0.278. The molecule has 0 atom stereocenters. The summed E-state index contributed by atoms with van der Waals surface area (Å²) in [5.74, 6) is -4.17. The molecule has 0 aromatic rings. The van der Waals surface area contributed by atoms with Crippen molar-refractivity contribution in [1.29, 1.82) is 0 Å². The first kappa shape index (κ1) is 8.94. The maximum atomic E-state index is 11.7. The van der Waals surface area contributed by atoms with Crippen molar-refractivity contribution in [2.75, 3.05) is 0 Å². The van der Waals surface area contributed by atoms with Gasteiger partial charge in [0.05, 0.1) is 0 Å². The van der Waals surface area contributed by atoms with E-state index in [9.17, 15) is 17.6 Å². The van der Waals surface area contributed by atoms with Crippen LogP contribution in [0.25, 0.3) is 0 Å². The van der Waals surface area contributed by atoms with E-state index in [1.807, 2.05) is 0 Å². The number of halogens is 5. The molecule has 0 aromatic carbocycles. The molecule has 0 amide bonds. The molecule has 0 aliphatic rings. The van der Waals surface area contributed by atoms with Gasteiger partial charge in [0.25, 0.3) is 0 Å². The van der Waals surface area contributed by atoms with Gasteiger partial charge in [0.15, 0.2) is 0 Å². The highest BCUT2D eigenvalue weighted by atomic mass is 79.9. The zero-order chi connectivity index (χ0) is 7.71. The van der Waals surface area contributed by atoms with Gasteiger partial charge < -0.3 is 0 Å². The Morgan fingerprint density at radius 1 is 1.22 bits per heavy atom. The largest absolute Gasteiger partial charge is 0.367 e. The van der Waals surface area contributed by atoms with Crippen molar-refractivity contribution >= 4 is 15.9 Å². The molecule has 0 spiro atoms. The molecule has 0 bridgehead atoms. The minimum absolute atomic E-state index is 0.109. The number of alkyl halides is 5. The predicted molar refractivity (Wildman–Crippen MR) is 29.0 cm³/mol. The highest BCUT2D eigenvalue weighted by molar-refractivity contribution is 9.10. The molecule has 0 rings (SSSR count). The molecule has 0 heterocycles. The monoisotopic (exact) mass is 206 g/mol. The van der Waals surface area contributed by atoms with Crippen LogP contribution in [-0.4, -0.2) is 10.8 Å². The Labute approximate surface area is 57.7 Å². The van der Waals surface area contributed by atoms with E-state index in [0.717, 1.165) is 0 Å². The molecule has 0 saturated heterocycles. The van der Waals surface area contributed by atoms with Gasteiger partial charge in [-0.25, -0.2) is 0 Å². The second-order valence-electron chi connectivity index (χ2n) is 1.32. The molecule has 0 aliphatic carbocycles. The molecule has 0 nitrogen and oxygen atoms in total. The smallest absolute Gasteiger partial charge is 0.194 e. The van der Waals surface area contributed by atoms with E-state index in [0.29, 0.717) is 0 Å². The summed E-state index contributed by atoms with van der Waals surface area (Å²) in [5.41, 5.74) is 0. The molecular formula is C4H3BrF4. The van der Waals surface area contributed by atoms with E-state index in [4.69, 9.17) is 0 Å². The van der Waals surface area contributed by atoms with E-state index in [1.54, 1.807) is 0 Å². The molecule has 0 saturated carbocycles. The topological polar surface area (TPSA) is 0 Å². The van der Waals surface area contributed by atoms with Gasteiger partial charge in [-0.3, -0.25) is 0 Å². The molecule has 0 N–H and O–H groups in total. The lowest BCUT2D eigenvalue weighted by molar-refractivity contribution is -0.111. The van der Waals surface area contributed by atoms with Crippen LogP contribution in [0.15, 0.2) is 12.7 Å². The van der Waals surface area contributed by atoms with Gasteiger partial charge in [-0.1, -0.05) is 6.58 Å². The molecule has 0 aliphatic heterocycles. The van der Waals surface area contributed by atoms with Crippen LogP contribution >= 0.6 is 15.9 Å². The van der Waals surface area contributed by atoms with Crippen molar-refractivity contribution in [2.45, 2.75) is 10.8 Å². The van der Waals surface area contributed by atoms with Gasteiger partial charge in [-0.15, -0.1) is 0 Å². The zero-order valence-corrected chi connectivity index (χ0v) is 5.76. The fraction of sp³-hybridized carbons (Fsp3) is 0.500. The van der Waals surface area contributed by atoms with Gasteiger partial charge in [-0.2, -0.15) is 17.6 Å². The zero-order valence-electron chi connectivity index (χ0n) is 4.17. The summed E-state index contributed by atoms with van der Waals surface area (Å²) in [5, 5.41) is 0. The standard InChI is InChI=1S/C4H3BrF4/c1-2-3(6,7)4(5,8)9/h2H,1H2. The number of rotatable bonds is 2. The highest BCUT2D eigenvalue weighted by Crippen LogP contribution is 2.39. The first-order valence-corrected chi connectivity index (χ1v) is 2.68. The number of allylic oxidation sites excluding steroid dienone is 1. The maximum Gasteiger partial charge on any atom is 0.367 e. The molecule has 0 fully saturated rings. The van der Waals surface area contributed by atoms with Crippen LogP contribution in [0, 0.1) is 0 Å². The van der Waals surface area contributed by atoms with Crippen molar-refractivity contribution in [3.63, 3.8) is 0 Å². The lowest BCUT2D eigenvalue weighted by Crippen LogP contribution is -2.32. The molecule has 0 aromatic heterocycles. The number of hydrogen-bond donors (Lipinski definition) is 0. The first-order chi connectivity index (χ1) is 3.81. The molecule has 0 radical (unpaired) electrons. The fourth-order valence-electron chi connectivity index (χ4n) is 0.116. The minimum atomic E-state index is -4.19. The summed E-state index contributed by atoms with van der Waals surface area (Å²) in [4.78, 5) is -4.19. The van der Waals surface area contributed by atoms with Crippen molar-refractivity contribution in [1.82, 2.24) is 0 Å². The van der Waals surface area contributed by atoms with Crippen molar-refractivity contribution in [2.24, 2.45) is 0 Å². The van der Waals surface area contributed by atoms with E-state index in [2.05, 4.69) is 6.58 Å². The number of hydrogen-bond acceptors (Lipinski definition) is 0. The summed E-state index contributed by atoms with van der Waals surface area (Å²) in [6, 6.07) is 0. The molecule has 54 valence electrons. The maximum absolute atomic E-state index is 11.7. The Kier molecular flexibility index (Phi) is 2.27. The second kappa shape index (κ2) is 2.28. The third-order valence-corrected chi connectivity index (χ3v) is 1.16. The van der Waals surface area contributed by atoms with Gasteiger partial charge in [0.2, 0.25) is 0 Å². The Balaban J connectivity index is 4.32. The second-order valence-corrected chi connectivity index (χ2v) is 2.32.